The van der Waals surface area contributed by atoms with Crippen LogP contribution in [0, 0.1) is 6.92 Å². The Kier molecular flexibility index (Phi) is 5.99. The predicted octanol–water partition coefficient (Wildman–Crippen LogP) is 2.47. The number of hydrogen-bond acceptors (Lipinski definition) is 4. The van der Waals surface area contributed by atoms with E-state index in [0.717, 1.165) is 39.0 Å². The van der Waals surface area contributed by atoms with E-state index in [2.05, 4.69) is 46.1 Å². The van der Waals surface area contributed by atoms with Crippen LogP contribution in [0.5, 0.6) is 0 Å². The quantitative estimate of drug-likeness (QED) is 0.710. The second-order valence-electron chi connectivity index (χ2n) is 7.92. The number of aromatic nitrogens is 1. The van der Waals surface area contributed by atoms with Crippen molar-refractivity contribution in [1.29, 1.82) is 0 Å². The Labute approximate surface area is 166 Å². The molecule has 0 radical (unpaired) electrons. The third-order valence-electron chi connectivity index (χ3n) is 5.75. The summed E-state index contributed by atoms with van der Waals surface area (Å²) in [5.41, 5.74) is 3.73. The number of methoxy groups -OCH3 is 1. The van der Waals surface area contributed by atoms with E-state index in [9.17, 15) is 4.79 Å². The van der Waals surface area contributed by atoms with Crippen LogP contribution in [0.25, 0.3) is 10.9 Å². The zero-order valence-corrected chi connectivity index (χ0v) is 16.9. The van der Waals surface area contributed by atoms with E-state index in [0.29, 0.717) is 25.7 Å². The minimum atomic E-state index is -0.356. The van der Waals surface area contributed by atoms with Crippen molar-refractivity contribution < 1.29 is 14.3 Å². The molecule has 2 aromatic rings. The van der Waals surface area contributed by atoms with Gasteiger partial charge in [-0.05, 0) is 43.4 Å². The van der Waals surface area contributed by atoms with Crippen molar-refractivity contribution in [3.05, 3.63) is 35.5 Å². The molecule has 6 nitrogen and oxygen atoms in total. The van der Waals surface area contributed by atoms with Crippen LogP contribution in [0.15, 0.2) is 24.4 Å². The molecule has 2 fully saturated rings. The number of nitrogens with zero attached hydrogens (tertiary/aromatic N) is 2. The number of morpholine rings is 1. The van der Waals surface area contributed by atoms with E-state index in [1.807, 2.05) is 0 Å². The van der Waals surface area contributed by atoms with Gasteiger partial charge >= 0.3 is 0 Å². The van der Waals surface area contributed by atoms with Crippen molar-refractivity contribution in [2.45, 2.75) is 51.4 Å². The van der Waals surface area contributed by atoms with Crippen LogP contribution in [-0.4, -0.2) is 60.9 Å². The van der Waals surface area contributed by atoms with Crippen molar-refractivity contribution in [3.63, 3.8) is 0 Å². The molecule has 1 aliphatic carbocycles. The Morgan fingerprint density at radius 3 is 2.96 bits per heavy atom. The summed E-state index contributed by atoms with van der Waals surface area (Å²) in [6.07, 6.45) is 5.04. The Bertz CT molecular complexity index is 822. The number of amides is 1. The standard InChI is InChI=1S/C22H31N3O3/c1-16-5-3-6-19-21(16)17(14-24(19)10-4-11-27-2)15-25(18-7-8-18)22(26)20-13-23-9-12-28-20/h3,5-6,14,18,20,23H,4,7-13,15H2,1-2H3/t20-/m1/s1. The number of hydrogen-bond donors (Lipinski definition) is 1. The average Bonchev–Trinajstić information content (AvgIpc) is 3.50. The van der Waals surface area contributed by atoms with Gasteiger partial charge in [-0.3, -0.25) is 4.79 Å². The lowest BCUT2D eigenvalue weighted by Crippen LogP contribution is -2.49. The SMILES string of the molecule is COCCCn1cc(CN(C(=O)[C@H]2CNCCO2)C2CC2)c2c(C)cccc21. The lowest BCUT2D eigenvalue weighted by molar-refractivity contribution is -0.146. The molecule has 1 saturated carbocycles. The van der Waals surface area contributed by atoms with Crippen molar-refractivity contribution >= 4 is 16.8 Å². The van der Waals surface area contributed by atoms with Gasteiger partial charge < -0.3 is 24.3 Å². The molecule has 152 valence electrons. The van der Waals surface area contributed by atoms with E-state index >= 15 is 0 Å². The molecule has 0 unspecified atom stereocenters. The zero-order valence-electron chi connectivity index (χ0n) is 16.9. The van der Waals surface area contributed by atoms with Gasteiger partial charge in [-0.1, -0.05) is 12.1 Å². The molecular formula is C22H31N3O3. The molecule has 1 aliphatic heterocycles. The highest BCUT2D eigenvalue weighted by Gasteiger charge is 2.37. The van der Waals surface area contributed by atoms with Gasteiger partial charge in [0.25, 0.3) is 5.91 Å². The first kappa shape index (κ1) is 19.4. The van der Waals surface area contributed by atoms with Crippen LogP contribution in [0.2, 0.25) is 0 Å². The number of benzene rings is 1. The lowest BCUT2D eigenvalue weighted by Gasteiger charge is -2.30. The van der Waals surface area contributed by atoms with Gasteiger partial charge in [-0.2, -0.15) is 0 Å². The van der Waals surface area contributed by atoms with Gasteiger partial charge in [-0.25, -0.2) is 0 Å². The maximum atomic E-state index is 13.2. The number of carbonyl (C=O) groups excluding carboxylic acids is 1. The molecule has 1 N–H and O–H groups in total. The molecule has 0 bridgehead atoms. The molecule has 2 heterocycles. The maximum Gasteiger partial charge on any atom is 0.253 e. The number of nitrogens with one attached hydrogen (secondary N) is 1. The zero-order chi connectivity index (χ0) is 19.5. The fourth-order valence-corrected chi connectivity index (χ4v) is 4.18. The molecule has 1 amide bonds. The van der Waals surface area contributed by atoms with Crippen molar-refractivity contribution in [2.75, 3.05) is 33.4 Å². The van der Waals surface area contributed by atoms with Crippen LogP contribution in [0.1, 0.15) is 30.4 Å². The largest absolute Gasteiger partial charge is 0.385 e. The Hall–Kier alpha value is -1.89. The van der Waals surface area contributed by atoms with Crippen LogP contribution >= 0.6 is 0 Å². The molecular weight excluding hydrogens is 354 g/mol. The van der Waals surface area contributed by atoms with Crippen LogP contribution in [-0.2, 0) is 27.4 Å². The summed E-state index contributed by atoms with van der Waals surface area (Å²) in [4.78, 5) is 15.2. The summed E-state index contributed by atoms with van der Waals surface area (Å²) in [6.45, 7) is 6.51. The minimum absolute atomic E-state index is 0.128. The monoisotopic (exact) mass is 385 g/mol. The molecule has 1 aromatic carbocycles. The minimum Gasteiger partial charge on any atom is -0.385 e. The van der Waals surface area contributed by atoms with Crippen molar-refractivity contribution in [2.24, 2.45) is 0 Å². The molecule has 4 rings (SSSR count). The molecule has 2 aliphatic rings. The van der Waals surface area contributed by atoms with E-state index in [-0.39, 0.29) is 12.0 Å². The van der Waals surface area contributed by atoms with Gasteiger partial charge in [0, 0.05) is 63.0 Å². The van der Waals surface area contributed by atoms with E-state index in [1.54, 1.807) is 7.11 Å². The van der Waals surface area contributed by atoms with Gasteiger partial charge in [0.2, 0.25) is 0 Å². The summed E-state index contributed by atoms with van der Waals surface area (Å²) >= 11 is 0. The molecule has 28 heavy (non-hydrogen) atoms. The second-order valence-corrected chi connectivity index (χ2v) is 7.92. The summed E-state index contributed by atoms with van der Waals surface area (Å²) in [5, 5.41) is 4.56. The fraction of sp³-hybridized carbons (Fsp3) is 0.591. The first-order chi connectivity index (χ1) is 13.7. The number of rotatable bonds is 8. The first-order valence-electron chi connectivity index (χ1n) is 10.4. The summed E-state index contributed by atoms with van der Waals surface area (Å²) in [5.74, 6) is 0.128. The highest BCUT2D eigenvalue weighted by molar-refractivity contribution is 5.88. The van der Waals surface area contributed by atoms with Crippen LogP contribution < -0.4 is 5.32 Å². The highest BCUT2D eigenvalue weighted by Crippen LogP contribution is 2.32. The fourth-order valence-electron chi connectivity index (χ4n) is 4.18. The highest BCUT2D eigenvalue weighted by atomic mass is 16.5. The third kappa shape index (κ3) is 4.09. The number of carbonyl (C=O) groups is 1. The Morgan fingerprint density at radius 2 is 2.25 bits per heavy atom. The Balaban J connectivity index is 1.60. The smallest absolute Gasteiger partial charge is 0.253 e. The van der Waals surface area contributed by atoms with Crippen LogP contribution in [0.4, 0.5) is 0 Å². The summed E-state index contributed by atoms with van der Waals surface area (Å²) in [7, 11) is 1.74. The molecule has 1 atom stereocenters. The molecule has 0 spiro atoms. The predicted molar refractivity (Wildman–Crippen MR) is 109 cm³/mol. The van der Waals surface area contributed by atoms with Crippen molar-refractivity contribution in [3.8, 4) is 0 Å². The number of aryl methyl sites for hydroxylation is 2. The number of ether oxygens (including phenoxy) is 2. The molecule has 6 heteroatoms. The van der Waals surface area contributed by atoms with E-state index in [1.165, 1.54) is 22.0 Å². The topological polar surface area (TPSA) is 55.7 Å². The number of fused-ring (bicyclic) bond motifs is 1. The van der Waals surface area contributed by atoms with Gasteiger partial charge in [0.05, 0.1) is 6.61 Å². The molecule has 1 saturated heterocycles. The second kappa shape index (κ2) is 8.64. The van der Waals surface area contributed by atoms with Gasteiger partial charge in [0.1, 0.15) is 6.10 Å². The summed E-state index contributed by atoms with van der Waals surface area (Å²) < 4.78 is 13.3. The normalized spacial score (nSPS) is 19.9. The Morgan fingerprint density at radius 1 is 1.39 bits per heavy atom. The molecule has 1 aromatic heterocycles. The first-order valence-corrected chi connectivity index (χ1v) is 10.4. The van der Waals surface area contributed by atoms with Gasteiger partial charge in [-0.15, -0.1) is 0 Å². The lowest BCUT2D eigenvalue weighted by atomic mass is 10.1. The van der Waals surface area contributed by atoms with E-state index < -0.39 is 0 Å². The van der Waals surface area contributed by atoms with Crippen LogP contribution in [0.3, 0.4) is 0 Å². The maximum absolute atomic E-state index is 13.2. The average molecular weight is 386 g/mol. The summed E-state index contributed by atoms with van der Waals surface area (Å²) in [6, 6.07) is 6.80. The third-order valence-corrected chi connectivity index (χ3v) is 5.75. The van der Waals surface area contributed by atoms with E-state index in [4.69, 9.17) is 9.47 Å². The van der Waals surface area contributed by atoms with Crippen molar-refractivity contribution in [1.82, 2.24) is 14.8 Å². The van der Waals surface area contributed by atoms with Gasteiger partial charge in [0.15, 0.2) is 0 Å².